The van der Waals surface area contributed by atoms with Crippen molar-refractivity contribution in [2.24, 2.45) is 0 Å². The molecule has 0 aliphatic heterocycles. The lowest BCUT2D eigenvalue weighted by molar-refractivity contribution is 1.28. The van der Waals surface area contributed by atoms with Gasteiger partial charge < -0.3 is 9.80 Å². The standard InChI is InChI=1S/C66H56N2/c1-7-12-13-21-49-67(62-43-35-55(36-44-62)52(10-4)23-8-2)61-41-33-54(34-42-61)51(6)25-17-18-26-58-27-19-20-32-66(58)60-29-22-28-59(50-60)57-39-47-65(48-40-57)68(63-30-15-14-16-31-63)64-45-37-56(38-46-64)53(11-5)24-9-3/h7-50H,1-6H2/b13-12-,25-17-,26-18+,49-21+,52-23+,53-24+. The Morgan fingerprint density at radius 3 is 1.51 bits per heavy atom. The van der Waals surface area contributed by atoms with Gasteiger partial charge in [-0.15, -0.1) is 0 Å². The van der Waals surface area contributed by atoms with E-state index in [1.807, 2.05) is 54.8 Å². The van der Waals surface area contributed by atoms with E-state index in [1.54, 1.807) is 18.2 Å². The van der Waals surface area contributed by atoms with E-state index in [0.717, 1.165) is 89.7 Å². The van der Waals surface area contributed by atoms with Gasteiger partial charge in [-0.3, -0.25) is 0 Å². The summed E-state index contributed by atoms with van der Waals surface area (Å²) in [6.45, 7) is 23.8. The summed E-state index contributed by atoms with van der Waals surface area (Å²) in [6, 6.07) is 62.0. The second kappa shape index (κ2) is 23.8. The van der Waals surface area contributed by atoms with Gasteiger partial charge in [0.05, 0.1) is 0 Å². The lowest BCUT2D eigenvalue weighted by Gasteiger charge is -2.26. The summed E-state index contributed by atoms with van der Waals surface area (Å²) < 4.78 is 0. The third-order valence-electron chi connectivity index (χ3n) is 11.4. The molecule has 0 saturated carbocycles. The van der Waals surface area contributed by atoms with Crippen LogP contribution in [0.25, 0.3) is 45.0 Å². The number of rotatable bonds is 20. The molecule has 2 heteroatoms. The molecule has 0 amide bonds. The molecule has 2 nitrogen and oxygen atoms in total. The number of hydrogen-bond acceptors (Lipinski definition) is 2. The van der Waals surface area contributed by atoms with Crippen LogP contribution in [0.15, 0.2) is 301 Å². The van der Waals surface area contributed by atoms with Crippen molar-refractivity contribution in [1.82, 2.24) is 0 Å². The first-order valence-corrected chi connectivity index (χ1v) is 22.6. The minimum Gasteiger partial charge on any atom is -0.317 e. The number of para-hydroxylation sites is 1. The Bertz CT molecular complexity index is 3060. The maximum atomic E-state index is 4.39. The average Bonchev–Trinajstić information content (AvgIpc) is 3.39. The number of benzene rings is 7. The van der Waals surface area contributed by atoms with E-state index in [-0.39, 0.29) is 0 Å². The van der Waals surface area contributed by atoms with Gasteiger partial charge in [0.25, 0.3) is 0 Å². The topological polar surface area (TPSA) is 6.48 Å². The first-order chi connectivity index (χ1) is 33.4. The molecule has 7 rings (SSSR count). The minimum absolute atomic E-state index is 0.920. The van der Waals surface area contributed by atoms with Crippen LogP contribution in [0.1, 0.15) is 22.3 Å². The Morgan fingerprint density at radius 1 is 0.397 bits per heavy atom. The summed E-state index contributed by atoms with van der Waals surface area (Å²) in [5.41, 5.74) is 17.2. The molecule has 0 atom stereocenters. The van der Waals surface area contributed by atoms with Crippen LogP contribution in [0.5, 0.6) is 0 Å². The van der Waals surface area contributed by atoms with Gasteiger partial charge in [0.15, 0.2) is 0 Å². The molecule has 0 radical (unpaired) electrons. The first kappa shape index (κ1) is 47.0. The normalized spacial score (nSPS) is 11.8. The van der Waals surface area contributed by atoms with Crippen LogP contribution in [-0.4, -0.2) is 0 Å². The Hall–Kier alpha value is -8.98. The molecule has 0 unspecified atom stereocenters. The fourth-order valence-corrected chi connectivity index (χ4v) is 7.90. The van der Waals surface area contributed by atoms with Gasteiger partial charge in [0.1, 0.15) is 0 Å². The van der Waals surface area contributed by atoms with Gasteiger partial charge in [-0.1, -0.05) is 228 Å². The zero-order valence-corrected chi connectivity index (χ0v) is 38.5. The molecule has 0 heterocycles. The molecule has 0 aliphatic rings. The second-order valence-corrected chi connectivity index (χ2v) is 15.7. The molecular formula is C66H56N2. The molecule has 68 heavy (non-hydrogen) atoms. The Kier molecular flexibility index (Phi) is 16.5. The van der Waals surface area contributed by atoms with Gasteiger partial charge >= 0.3 is 0 Å². The molecule has 0 aliphatic carbocycles. The number of nitrogens with zero attached hydrogens (tertiary/aromatic N) is 2. The molecular weight excluding hydrogens is 821 g/mol. The Labute approximate surface area is 404 Å². The van der Waals surface area contributed by atoms with Crippen LogP contribution in [0, 0.1) is 0 Å². The van der Waals surface area contributed by atoms with E-state index in [4.69, 9.17) is 0 Å². The highest BCUT2D eigenvalue weighted by Crippen LogP contribution is 2.37. The predicted molar refractivity (Wildman–Crippen MR) is 299 cm³/mol. The summed E-state index contributed by atoms with van der Waals surface area (Å²) in [5.74, 6) is 0. The molecule has 0 spiro atoms. The van der Waals surface area contributed by atoms with Crippen LogP contribution >= 0.6 is 0 Å². The number of hydrogen-bond donors (Lipinski definition) is 0. The predicted octanol–water partition coefficient (Wildman–Crippen LogP) is 18.7. The summed E-state index contributed by atoms with van der Waals surface area (Å²) in [5, 5.41) is 0. The fraction of sp³-hybridized carbons (Fsp3) is 0. The Balaban J connectivity index is 1.06. The Morgan fingerprint density at radius 2 is 0.926 bits per heavy atom. The van der Waals surface area contributed by atoms with Crippen LogP contribution in [0.4, 0.5) is 28.4 Å². The molecule has 7 aromatic rings. The van der Waals surface area contributed by atoms with Crippen molar-refractivity contribution in [3.63, 3.8) is 0 Å². The molecule has 0 bridgehead atoms. The van der Waals surface area contributed by atoms with Crippen LogP contribution in [0.2, 0.25) is 0 Å². The lowest BCUT2D eigenvalue weighted by atomic mass is 9.95. The zero-order valence-electron chi connectivity index (χ0n) is 38.5. The summed E-state index contributed by atoms with van der Waals surface area (Å²) in [6.07, 6.45) is 29.2. The van der Waals surface area contributed by atoms with E-state index in [1.165, 1.54) is 0 Å². The monoisotopic (exact) mass is 876 g/mol. The lowest BCUT2D eigenvalue weighted by Crippen LogP contribution is -2.09. The van der Waals surface area contributed by atoms with Crippen molar-refractivity contribution in [3.8, 4) is 22.3 Å². The van der Waals surface area contributed by atoms with E-state index in [9.17, 15) is 0 Å². The average molecular weight is 877 g/mol. The second-order valence-electron chi connectivity index (χ2n) is 15.7. The van der Waals surface area contributed by atoms with Crippen molar-refractivity contribution in [2.75, 3.05) is 9.80 Å². The third-order valence-corrected chi connectivity index (χ3v) is 11.4. The molecule has 7 aromatic carbocycles. The van der Waals surface area contributed by atoms with Gasteiger partial charge in [0.2, 0.25) is 0 Å². The largest absolute Gasteiger partial charge is 0.317 e. The molecule has 0 saturated heterocycles. The van der Waals surface area contributed by atoms with Crippen molar-refractivity contribution >= 4 is 51.2 Å². The summed E-state index contributed by atoms with van der Waals surface area (Å²) in [4.78, 5) is 4.43. The van der Waals surface area contributed by atoms with E-state index >= 15 is 0 Å². The molecule has 330 valence electrons. The molecule has 0 fully saturated rings. The van der Waals surface area contributed by atoms with E-state index in [0.29, 0.717) is 0 Å². The van der Waals surface area contributed by atoms with Gasteiger partial charge in [-0.05, 0) is 134 Å². The SMILES string of the molecule is C=C/C=C\C=C\N(c1ccc(C(=C)/C=C\C=C\c2ccccc2-c2cccc(-c3ccc(N(c4ccccc4)c4ccc(/C(C=C)=C/C=C)cc4)cc3)c2)cc1)c1ccc(/C(C=C)=C/C=C)cc1. The van der Waals surface area contributed by atoms with Gasteiger partial charge in [-0.25, -0.2) is 0 Å². The zero-order chi connectivity index (χ0) is 47.5. The summed E-state index contributed by atoms with van der Waals surface area (Å²) in [7, 11) is 0. The van der Waals surface area contributed by atoms with Crippen LogP contribution < -0.4 is 9.80 Å². The van der Waals surface area contributed by atoms with Crippen molar-refractivity contribution < 1.29 is 0 Å². The highest BCUT2D eigenvalue weighted by atomic mass is 15.1. The van der Waals surface area contributed by atoms with Crippen molar-refractivity contribution in [2.45, 2.75) is 0 Å². The van der Waals surface area contributed by atoms with Crippen molar-refractivity contribution in [1.29, 1.82) is 0 Å². The highest BCUT2D eigenvalue weighted by Gasteiger charge is 2.14. The number of anilines is 5. The van der Waals surface area contributed by atoms with Gasteiger partial charge in [0, 0.05) is 34.6 Å². The van der Waals surface area contributed by atoms with Crippen LogP contribution in [-0.2, 0) is 0 Å². The van der Waals surface area contributed by atoms with Crippen molar-refractivity contribution in [3.05, 3.63) is 323 Å². The van der Waals surface area contributed by atoms with E-state index < -0.39 is 0 Å². The van der Waals surface area contributed by atoms with Crippen LogP contribution in [0.3, 0.4) is 0 Å². The fourth-order valence-electron chi connectivity index (χ4n) is 7.90. The maximum Gasteiger partial charge on any atom is 0.0462 e. The molecule has 0 aromatic heterocycles. The minimum atomic E-state index is 0.920. The van der Waals surface area contributed by atoms with Gasteiger partial charge in [-0.2, -0.15) is 0 Å². The third kappa shape index (κ3) is 11.8. The first-order valence-electron chi connectivity index (χ1n) is 22.6. The highest BCUT2D eigenvalue weighted by molar-refractivity contribution is 5.84. The smallest absolute Gasteiger partial charge is 0.0462 e. The molecule has 0 N–H and O–H groups in total. The quantitative estimate of drug-likeness (QED) is 0.0704. The summed E-state index contributed by atoms with van der Waals surface area (Å²) >= 11 is 0. The van der Waals surface area contributed by atoms with E-state index in [2.05, 4.69) is 243 Å². The number of allylic oxidation sites excluding steroid dienone is 16. The maximum absolute atomic E-state index is 4.39.